The number of nitro benzene ring substituents is 1. The fourth-order valence-electron chi connectivity index (χ4n) is 2.23. The van der Waals surface area contributed by atoms with Gasteiger partial charge in [0.15, 0.2) is 0 Å². The third-order valence-electron chi connectivity index (χ3n) is 3.11. The van der Waals surface area contributed by atoms with Gasteiger partial charge < -0.3 is 5.32 Å². The third kappa shape index (κ3) is 4.27. The second-order valence-electron chi connectivity index (χ2n) is 4.94. The van der Waals surface area contributed by atoms with Crippen molar-refractivity contribution in [3.05, 3.63) is 56.3 Å². The van der Waals surface area contributed by atoms with Gasteiger partial charge in [-0.15, -0.1) is 0 Å². The predicted octanol–water partition coefficient (Wildman–Crippen LogP) is 3.72. The van der Waals surface area contributed by atoms with Gasteiger partial charge in [-0.3, -0.25) is 15.0 Å². The van der Waals surface area contributed by atoms with Crippen LogP contribution >= 0.6 is 11.3 Å². The zero-order chi connectivity index (χ0) is 15.2. The van der Waals surface area contributed by atoms with Crippen molar-refractivity contribution >= 4 is 22.7 Å². The highest BCUT2D eigenvalue weighted by molar-refractivity contribution is 7.07. The third-order valence-corrected chi connectivity index (χ3v) is 3.84. The first-order valence-electron chi connectivity index (χ1n) is 6.81. The summed E-state index contributed by atoms with van der Waals surface area (Å²) in [5.41, 5.74) is 2.92. The van der Waals surface area contributed by atoms with Crippen LogP contribution in [0.4, 0.5) is 11.4 Å². The summed E-state index contributed by atoms with van der Waals surface area (Å²) in [5, 5.41) is 18.3. The number of hydrogen-bond acceptors (Lipinski definition) is 5. The van der Waals surface area contributed by atoms with E-state index in [-0.39, 0.29) is 10.6 Å². The Labute approximate surface area is 128 Å². The van der Waals surface area contributed by atoms with E-state index in [4.69, 9.17) is 0 Å². The lowest BCUT2D eigenvalue weighted by atomic mass is 10.1. The summed E-state index contributed by atoms with van der Waals surface area (Å²) in [7, 11) is 2.02. The molecule has 0 saturated carbocycles. The van der Waals surface area contributed by atoms with Gasteiger partial charge in [0.05, 0.1) is 4.92 Å². The largest absolute Gasteiger partial charge is 0.380 e. The van der Waals surface area contributed by atoms with Gasteiger partial charge >= 0.3 is 0 Å². The minimum Gasteiger partial charge on any atom is -0.380 e. The molecule has 0 unspecified atom stereocenters. The maximum Gasteiger partial charge on any atom is 0.292 e. The van der Waals surface area contributed by atoms with Crippen LogP contribution in [0, 0.1) is 10.1 Å². The van der Waals surface area contributed by atoms with Crippen molar-refractivity contribution in [1.82, 2.24) is 4.90 Å². The highest BCUT2D eigenvalue weighted by Gasteiger charge is 2.14. The Balaban J connectivity index is 2.09. The number of benzene rings is 1. The van der Waals surface area contributed by atoms with E-state index in [2.05, 4.69) is 27.0 Å². The Kier molecular flexibility index (Phi) is 5.30. The smallest absolute Gasteiger partial charge is 0.292 e. The molecule has 1 aromatic heterocycles. The van der Waals surface area contributed by atoms with Gasteiger partial charge in [-0.1, -0.05) is 6.07 Å². The minimum atomic E-state index is -0.333. The second kappa shape index (κ2) is 7.19. The van der Waals surface area contributed by atoms with E-state index < -0.39 is 0 Å². The zero-order valence-corrected chi connectivity index (χ0v) is 13.0. The Morgan fingerprint density at radius 2 is 2.05 bits per heavy atom. The molecule has 21 heavy (non-hydrogen) atoms. The van der Waals surface area contributed by atoms with Crippen molar-refractivity contribution in [2.24, 2.45) is 0 Å². The molecule has 0 fully saturated rings. The number of rotatable bonds is 7. The van der Waals surface area contributed by atoms with Crippen molar-refractivity contribution in [3.63, 3.8) is 0 Å². The molecular weight excluding hydrogens is 286 g/mol. The van der Waals surface area contributed by atoms with E-state index in [9.17, 15) is 10.1 Å². The standard InChI is InChI=1S/C15H19N3O2S/c1-3-16-14-5-4-12(8-15(14)18(19)20)9-17(2)10-13-6-7-21-11-13/h4-8,11,16H,3,9-10H2,1-2H3. The summed E-state index contributed by atoms with van der Waals surface area (Å²) in [6, 6.07) is 7.48. The van der Waals surface area contributed by atoms with Gasteiger partial charge in [0, 0.05) is 25.7 Å². The number of anilines is 1. The molecule has 1 aromatic carbocycles. The molecule has 5 nitrogen and oxygen atoms in total. The number of nitro groups is 1. The van der Waals surface area contributed by atoms with Crippen molar-refractivity contribution in [3.8, 4) is 0 Å². The lowest BCUT2D eigenvalue weighted by molar-refractivity contribution is -0.384. The van der Waals surface area contributed by atoms with Crippen molar-refractivity contribution in [1.29, 1.82) is 0 Å². The molecule has 2 aromatic rings. The van der Waals surface area contributed by atoms with Crippen molar-refractivity contribution < 1.29 is 4.92 Å². The average Bonchev–Trinajstić information content (AvgIpc) is 2.93. The van der Waals surface area contributed by atoms with Crippen molar-refractivity contribution in [2.45, 2.75) is 20.0 Å². The number of thiophene rings is 1. The molecule has 0 aliphatic heterocycles. The predicted molar refractivity (Wildman–Crippen MR) is 86.8 cm³/mol. The molecular formula is C15H19N3O2S. The zero-order valence-electron chi connectivity index (χ0n) is 12.2. The molecule has 112 valence electrons. The Morgan fingerprint density at radius 1 is 1.29 bits per heavy atom. The molecule has 2 rings (SSSR count). The van der Waals surface area contributed by atoms with Crippen LogP contribution in [0.25, 0.3) is 0 Å². The molecule has 1 N–H and O–H groups in total. The highest BCUT2D eigenvalue weighted by Crippen LogP contribution is 2.26. The number of nitrogens with one attached hydrogen (secondary N) is 1. The summed E-state index contributed by atoms with van der Waals surface area (Å²) in [6.45, 7) is 4.11. The van der Waals surface area contributed by atoms with E-state index in [0.717, 1.165) is 12.1 Å². The van der Waals surface area contributed by atoms with Crippen LogP contribution in [0.2, 0.25) is 0 Å². The molecule has 0 aliphatic carbocycles. The molecule has 0 bridgehead atoms. The number of hydrogen-bond donors (Lipinski definition) is 1. The van der Waals surface area contributed by atoms with Crippen LogP contribution in [-0.4, -0.2) is 23.4 Å². The van der Waals surface area contributed by atoms with Gasteiger partial charge in [0.25, 0.3) is 5.69 Å². The molecule has 0 spiro atoms. The SMILES string of the molecule is CCNc1ccc(CN(C)Cc2ccsc2)cc1[N+](=O)[O-]. The first-order valence-corrected chi connectivity index (χ1v) is 7.75. The Morgan fingerprint density at radius 3 is 2.67 bits per heavy atom. The van der Waals surface area contributed by atoms with Gasteiger partial charge in [0.1, 0.15) is 5.69 Å². The minimum absolute atomic E-state index is 0.137. The van der Waals surface area contributed by atoms with Crippen LogP contribution in [-0.2, 0) is 13.1 Å². The van der Waals surface area contributed by atoms with Gasteiger partial charge in [-0.2, -0.15) is 11.3 Å². The lowest BCUT2D eigenvalue weighted by Gasteiger charge is -2.16. The van der Waals surface area contributed by atoms with Crippen LogP contribution in [0.1, 0.15) is 18.1 Å². The normalized spacial score (nSPS) is 10.8. The first kappa shape index (κ1) is 15.5. The second-order valence-corrected chi connectivity index (χ2v) is 5.72. The van der Waals surface area contributed by atoms with Crippen molar-refractivity contribution in [2.75, 3.05) is 18.9 Å². The molecule has 6 heteroatoms. The van der Waals surface area contributed by atoms with Crippen LogP contribution in [0.3, 0.4) is 0 Å². The Hall–Kier alpha value is -1.92. The Bertz CT molecular complexity index is 599. The fraction of sp³-hybridized carbons (Fsp3) is 0.333. The van der Waals surface area contributed by atoms with Gasteiger partial charge in [-0.25, -0.2) is 0 Å². The van der Waals surface area contributed by atoms with Gasteiger partial charge in [0.2, 0.25) is 0 Å². The van der Waals surface area contributed by atoms with Crippen LogP contribution < -0.4 is 5.32 Å². The fourth-order valence-corrected chi connectivity index (χ4v) is 2.89. The van der Waals surface area contributed by atoms with E-state index in [1.807, 2.05) is 20.0 Å². The summed E-state index contributed by atoms with van der Waals surface area (Å²) in [5.74, 6) is 0. The molecule has 0 amide bonds. The average molecular weight is 305 g/mol. The summed E-state index contributed by atoms with van der Waals surface area (Å²) in [6.07, 6.45) is 0. The molecule has 0 radical (unpaired) electrons. The van der Waals surface area contributed by atoms with E-state index in [1.165, 1.54) is 5.56 Å². The summed E-state index contributed by atoms with van der Waals surface area (Å²) < 4.78 is 0. The molecule has 1 heterocycles. The van der Waals surface area contributed by atoms with E-state index in [0.29, 0.717) is 18.8 Å². The van der Waals surface area contributed by atoms with Crippen LogP contribution in [0.5, 0.6) is 0 Å². The number of nitrogens with zero attached hydrogens (tertiary/aromatic N) is 2. The van der Waals surface area contributed by atoms with E-state index >= 15 is 0 Å². The highest BCUT2D eigenvalue weighted by atomic mass is 32.1. The van der Waals surface area contributed by atoms with E-state index in [1.54, 1.807) is 23.5 Å². The molecule has 0 aliphatic rings. The first-order chi connectivity index (χ1) is 10.1. The summed E-state index contributed by atoms with van der Waals surface area (Å²) in [4.78, 5) is 13.0. The van der Waals surface area contributed by atoms with Gasteiger partial charge in [-0.05, 0) is 48.0 Å². The lowest BCUT2D eigenvalue weighted by Crippen LogP contribution is -2.17. The maximum atomic E-state index is 11.1. The maximum absolute atomic E-state index is 11.1. The molecule has 0 saturated heterocycles. The van der Waals surface area contributed by atoms with Crippen LogP contribution in [0.15, 0.2) is 35.0 Å². The topological polar surface area (TPSA) is 58.4 Å². The monoisotopic (exact) mass is 305 g/mol. The quantitative estimate of drug-likeness (QED) is 0.625. The summed E-state index contributed by atoms with van der Waals surface area (Å²) >= 11 is 1.68. The molecule has 0 atom stereocenters.